The third-order valence-corrected chi connectivity index (χ3v) is 5.85. The lowest BCUT2D eigenvalue weighted by Crippen LogP contribution is -2.44. The van der Waals surface area contributed by atoms with Gasteiger partial charge < -0.3 is 25.4 Å². The minimum absolute atomic E-state index is 0.00122. The van der Waals surface area contributed by atoms with E-state index in [2.05, 4.69) is 10.6 Å². The lowest BCUT2D eigenvalue weighted by Gasteiger charge is -2.23. The van der Waals surface area contributed by atoms with Crippen LogP contribution in [0.2, 0.25) is 0 Å². The molecule has 192 valence electrons. The van der Waals surface area contributed by atoms with Crippen LogP contribution in [-0.4, -0.2) is 47.7 Å². The van der Waals surface area contributed by atoms with Gasteiger partial charge in [-0.3, -0.25) is 4.79 Å². The summed E-state index contributed by atoms with van der Waals surface area (Å²) in [5.74, 6) is -1.53. The number of urea groups is 1. The van der Waals surface area contributed by atoms with E-state index >= 15 is 0 Å². The smallest absolute Gasteiger partial charge is 0.416 e. The maximum atomic E-state index is 12.9. The number of aliphatic carboxylic acids is 1. The maximum Gasteiger partial charge on any atom is 0.416 e. The summed E-state index contributed by atoms with van der Waals surface area (Å²) >= 11 is 0. The Morgan fingerprint density at radius 2 is 1.68 bits per heavy atom. The number of nitrogens with one attached hydrogen (secondary N) is 2. The third-order valence-electron chi connectivity index (χ3n) is 5.85. The number of fused-ring (bicyclic) bond motifs is 1. The van der Waals surface area contributed by atoms with Gasteiger partial charge >= 0.3 is 18.2 Å². The molecular formula is C26H22F3N3O5. The molecule has 0 aromatic heterocycles. The maximum absolute atomic E-state index is 12.9. The zero-order valence-corrected chi connectivity index (χ0v) is 19.5. The van der Waals surface area contributed by atoms with Gasteiger partial charge in [0, 0.05) is 30.6 Å². The van der Waals surface area contributed by atoms with E-state index in [1.807, 2.05) is 6.07 Å². The van der Waals surface area contributed by atoms with Crippen molar-refractivity contribution in [1.29, 1.82) is 0 Å². The number of ether oxygens (including phenoxy) is 1. The highest BCUT2D eigenvalue weighted by molar-refractivity contribution is 6.01. The zero-order chi connectivity index (χ0) is 26.7. The molecular weight excluding hydrogens is 491 g/mol. The first-order valence-electron chi connectivity index (χ1n) is 11.1. The topological polar surface area (TPSA) is 108 Å². The van der Waals surface area contributed by atoms with E-state index < -0.39 is 29.8 Å². The molecule has 3 amide bonds. The summed E-state index contributed by atoms with van der Waals surface area (Å²) in [5, 5.41) is 14.4. The summed E-state index contributed by atoms with van der Waals surface area (Å²) < 4.78 is 43.5. The van der Waals surface area contributed by atoms with Gasteiger partial charge in [-0.2, -0.15) is 13.2 Å². The van der Waals surface area contributed by atoms with Crippen molar-refractivity contribution in [3.8, 4) is 11.1 Å². The number of carboxylic acid groups (broad SMARTS) is 1. The number of rotatable bonds is 7. The highest BCUT2D eigenvalue weighted by atomic mass is 19.4. The fraction of sp³-hybridized carbons (Fsp3) is 0.192. The third kappa shape index (κ3) is 5.72. The van der Waals surface area contributed by atoms with Gasteiger partial charge in [0.2, 0.25) is 0 Å². The van der Waals surface area contributed by atoms with Gasteiger partial charge in [0.1, 0.15) is 0 Å². The van der Waals surface area contributed by atoms with Crippen molar-refractivity contribution in [2.24, 2.45) is 0 Å². The Balaban J connectivity index is 1.43. The summed E-state index contributed by atoms with van der Waals surface area (Å²) in [6.45, 7) is 0.00933. The number of halogens is 3. The average molecular weight is 513 g/mol. The molecule has 1 atom stereocenters. The van der Waals surface area contributed by atoms with Crippen molar-refractivity contribution in [1.82, 2.24) is 4.90 Å². The van der Waals surface area contributed by atoms with Gasteiger partial charge in [-0.25, -0.2) is 9.59 Å². The van der Waals surface area contributed by atoms with E-state index in [1.54, 1.807) is 36.4 Å². The van der Waals surface area contributed by atoms with Gasteiger partial charge in [-0.05, 0) is 59.2 Å². The van der Waals surface area contributed by atoms with E-state index in [9.17, 15) is 32.7 Å². The molecule has 11 heteroatoms. The first kappa shape index (κ1) is 25.7. The van der Waals surface area contributed by atoms with Crippen molar-refractivity contribution < 1.29 is 37.4 Å². The number of hydrogen-bond acceptors (Lipinski definition) is 4. The quantitative estimate of drug-likeness (QED) is 0.409. The molecule has 0 aliphatic carbocycles. The predicted octanol–water partition coefficient (Wildman–Crippen LogP) is 5.07. The van der Waals surface area contributed by atoms with Gasteiger partial charge in [0.05, 0.1) is 12.2 Å². The normalized spacial score (nSPS) is 13.7. The second kappa shape index (κ2) is 10.3. The number of benzene rings is 3. The van der Waals surface area contributed by atoms with Crippen LogP contribution in [0, 0.1) is 0 Å². The molecule has 0 saturated carbocycles. The molecule has 1 aliphatic rings. The second-order valence-corrected chi connectivity index (χ2v) is 8.35. The van der Waals surface area contributed by atoms with Crippen LogP contribution in [0.3, 0.4) is 0 Å². The number of carboxylic acids is 1. The van der Waals surface area contributed by atoms with Crippen LogP contribution in [0.5, 0.6) is 0 Å². The first-order valence-corrected chi connectivity index (χ1v) is 11.1. The molecule has 1 aliphatic heterocycles. The van der Waals surface area contributed by atoms with Gasteiger partial charge in [-0.15, -0.1) is 0 Å². The Morgan fingerprint density at radius 1 is 1.00 bits per heavy atom. The summed E-state index contributed by atoms with van der Waals surface area (Å²) in [6, 6.07) is 14.5. The molecule has 3 aromatic rings. The summed E-state index contributed by atoms with van der Waals surface area (Å²) in [4.78, 5) is 37.8. The summed E-state index contributed by atoms with van der Waals surface area (Å²) in [7, 11) is 1.37. The summed E-state index contributed by atoms with van der Waals surface area (Å²) in [6.07, 6.45) is -4.52. The molecule has 0 radical (unpaired) electrons. The van der Waals surface area contributed by atoms with Crippen molar-refractivity contribution in [2.75, 3.05) is 24.4 Å². The van der Waals surface area contributed by atoms with E-state index in [4.69, 9.17) is 4.74 Å². The number of hydrogen-bond donors (Lipinski definition) is 3. The van der Waals surface area contributed by atoms with Crippen LogP contribution in [-0.2, 0) is 22.3 Å². The molecule has 0 unspecified atom stereocenters. The number of amides is 3. The van der Waals surface area contributed by atoms with Crippen LogP contribution < -0.4 is 10.6 Å². The average Bonchev–Trinajstić information content (AvgIpc) is 3.17. The van der Waals surface area contributed by atoms with Crippen LogP contribution >= 0.6 is 0 Å². The van der Waals surface area contributed by atoms with Crippen LogP contribution in [0.15, 0.2) is 66.7 Å². The highest BCUT2D eigenvalue weighted by Gasteiger charge is 2.36. The Morgan fingerprint density at radius 3 is 2.32 bits per heavy atom. The molecule has 0 bridgehead atoms. The van der Waals surface area contributed by atoms with Crippen molar-refractivity contribution >= 4 is 29.3 Å². The first-order chi connectivity index (χ1) is 17.6. The minimum Gasteiger partial charge on any atom is -0.480 e. The number of nitrogens with zero attached hydrogens (tertiary/aromatic N) is 1. The monoisotopic (exact) mass is 513 g/mol. The van der Waals surface area contributed by atoms with E-state index in [0.717, 1.165) is 23.3 Å². The van der Waals surface area contributed by atoms with Crippen molar-refractivity contribution in [2.45, 2.75) is 18.8 Å². The van der Waals surface area contributed by atoms with Crippen LogP contribution in [0.25, 0.3) is 11.1 Å². The molecule has 3 aromatic carbocycles. The summed E-state index contributed by atoms with van der Waals surface area (Å²) in [5.41, 5.74) is 2.23. The standard InChI is InChI=1S/C26H22F3N3O5/c1-37-14-22(24(34)35)32-13-17-11-16(7-10-21(17)23(32)33)15-5-8-19(9-6-15)30-25(36)31-20-4-2-3-18(12-20)26(27,28)29/h2-12,22H,13-14H2,1H3,(H,34,35)(H2,30,31,36)/t22-/m0/s1. The number of carbonyl (C=O) groups excluding carboxylic acids is 2. The van der Waals surface area contributed by atoms with Crippen molar-refractivity contribution in [3.05, 3.63) is 83.4 Å². The number of methoxy groups -OCH3 is 1. The molecule has 8 nitrogen and oxygen atoms in total. The fourth-order valence-corrected chi connectivity index (χ4v) is 4.04. The Hall–Kier alpha value is -4.38. The number of carbonyl (C=O) groups is 3. The lowest BCUT2D eigenvalue weighted by molar-refractivity contribution is -0.144. The molecule has 1 heterocycles. The Kier molecular flexibility index (Phi) is 7.16. The van der Waals surface area contributed by atoms with E-state index in [1.165, 1.54) is 24.1 Å². The SMILES string of the molecule is COC[C@@H](C(=O)O)N1Cc2cc(-c3ccc(NC(=O)Nc4cccc(C(F)(F)F)c4)cc3)ccc2C1=O. The van der Waals surface area contributed by atoms with E-state index in [0.29, 0.717) is 16.8 Å². The fourth-order valence-electron chi connectivity index (χ4n) is 4.04. The minimum atomic E-state index is -4.52. The highest BCUT2D eigenvalue weighted by Crippen LogP contribution is 2.32. The van der Waals surface area contributed by atoms with Gasteiger partial charge in [0.15, 0.2) is 6.04 Å². The molecule has 37 heavy (non-hydrogen) atoms. The Bertz CT molecular complexity index is 1340. The Labute approximate surface area is 209 Å². The van der Waals surface area contributed by atoms with Crippen LogP contribution in [0.4, 0.5) is 29.3 Å². The zero-order valence-electron chi connectivity index (χ0n) is 19.5. The van der Waals surface area contributed by atoms with Crippen molar-refractivity contribution in [3.63, 3.8) is 0 Å². The molecule has 0 spiro atoms. The van der Waals surface area contributed by atoms with Gasteiger partial charge in [-0.1, -0.05) is 24.3 Å². The number of anilines is 2. The second-order valence-electron chi connectivity index (χ2n) is 8.35. The molecule has 3 N–H and O–H groups in total. The van der Waals surface area contributed by atoms with Crippen LogP contribution in [0.1, 0.15) is 21.5 Å². The van der Waals surface area contributed by atoms with E-state index in [-0.39, 0.29) is 24.7 Å². The number of alkyl halides is 3. The van der Waals surface area contributed by atoms with Gasteiger partial charge in [0.25, 0.3) is 5.91 Å². The predicted molar refractivity (Wildman–Crippen MR) is 129 cm³/mol. The molecule has 4 rings (SSSR count). The lowest BCUT2D eigenvalue weighted by atomic mass is 10.0. The molecule has 0 saturated heterocycles. The molecule has 0 fully saturated rings. The largest absolute Gasteiger partial charge is 0.480 e.